The van der Waals surface area contributed by atoms with E-state index in [-0.39, 0.29) is 5.65 Å². The Hall–Kier alpha value is -1.98. The number of hydrogen-bond donors (Lipinski definition) is 1. The van der Waals surface area contributed by atoms with Gasteiger partial charge in [-0.3, -0.25) is 0 Å². The maximum Gasteiger partial charge on any atom is 0.382 e. The molecular formula is C6H4N4O2. The summed E-state index contributed by atoms with van der Waals surface area (Å²) >= 11 is 0. The summed E-state index contributed by atoms with van der Waals surface area (Å²) in [5.41, 5.74) is -0.591. The van der Waals surface area contributed by atoms with Gasteiger partial charge < -0.3 is 5.21 Å². The Morgan fingerprint density at radius 3 is 3.00 bits per heavy atom. The van der Waals surface area contributed by atoms with Crippen molar-refractivity contribution in [2.45, 2.75) is 0 Å². The number of aromatic nitrogens is 4. The molecule has 0 bridgehead atoms. The number of nitrogens with zero attached hydrogens (tertiary/aromatic N) is 4. The second-order valence-corrected chi connectivity index (χ2v) is 2.15. The second kappa shape index (κ2) is 2.26. The van der Waals surface area contributed by atoms with Crippen molar-refractivity contribution in [3.63, 3.8) is 0 Å². The minimum atomic E-state index is -0.749. The highest BCUT2D eigenvalue weighted by molar-refractivity contribution is 5.71. The van der Waals surface area contributed by atoms with Gasteiger partial charge in [0.05, 0.1) is 5.39 Å². The van der Waals surface area contributed by atoms with E-state index in [1.54, 1.807) is 0 Å². The molecule has 0 saturated heterocycles. The van der Waals surface area contributed by atoms with Gasteiger partial charge in [-0.15, -0.1) is 4.73 Å². The summed E-state index contributed by atoms with van der Waals surface area (Å²) in [6, 6.07) is 0. The summed E-state index contributed by atoms with van der Waals surface area (Å²) < 4.78 is 0.386. The summed E-state index contributed by atoms with van der Waals surface area (Å²) in [5.74, 6) is 0. The smallest absolute Gasteiger partial charge is 0.382 e. The molecule has 6 heteroatoms. The topological polar surface area (TPSA) is 80.9 Å². The molecule has 2 aromatic rings. The first-order chi connectivity index (χ1) is 5.79. The molecule has 0 unspecified atom stereocenters. The number of hydrogen-bond acceptors (Lipinski definition) is 5. The molecule has 2 rings (SSSR count). The molecule has 0 aliphatic heterocycles. The molecule has 12 heavy (non-hydrogen) atoms. The Morgan fingerprint density at radius 2 is 2.17 bits per heavy atom. The lowest BCUT2D eigenvalue weighted by Crippen LogP contribution is -2.21. The van der Waals surface area contributed by atoms with Crippen molar-refractivity contribution in [3.8, 4) is 0 Å². The van der Waals surface area contributed by atoms with Crippen LogP contribution in [0.15, 0.2) is 23.5 Å². The predicted molar refractivity (Wildman–Crippen MR) is 38.8 cm³/mol. The van der Waals surface area contributed by atoms with Gasteiger partial charge in [-0.25, -0.2) is 14.8 Å². The van der Waals surface area contributed by atoms with Crippen molar-refractivity contribution in [2.24, 2.45) is 0 Å². The van der Waals surface area contributed by atoms with Crippen LogP contribution >= 0.6 is 0 Å². The van der Waals surface area contributed by atoms with Crippen LogP contribution in [0.3, 0.4) is 0 Å². The Kier molecular flexibility index (Phi) is 1.26. The zero-order valence-corrected chi connectivity index (χ0v) is 5.88. The standard InChI is InChI=1S/C6H4N4O2/c11-6-8-2-4-1-7-3-9-5(4)10(6)12/h1-3,12H. The van der Waals surface area contributed by atoms with E-state index in [0.29, 0.717) is 10.1 Å². The van der Waals surface area contributed by atoms with Crippen molar-refractivity contribution in [2.75, 3.05) is 0 Å². The van der Waals surface area contributed by atoms with Gasteiger partial charge in [-0.05, 0) is 0 Å². The molecule has 0 radical (unpaired) electrons. The van der Waals surface area contributed by atoms with Gasteiger partial charge in [0.15, 0.2) is 5.65 Å². The molecule has 0 fully saturated rings. The first-order valence-corrected chi connectivity index (χ1v) is 3.16. The average molecular weight is 164 g/mol. The van der Waals surface area contributed by atoms with Gasteiger partial charge in [-0.2, -0.15) is 4.98 Å². The lowest BCUT2D eigenvalue weighted by molar-refractivity contribution is 0.182. The second-order valence-electron chi connectivity index (χ2n) is 2.15. The number of fused-ring (bicyclic) bond motifs is 1. The van der Waals surface area contributed by atoms with Crippen molar-refractivity contribution in [1.82, 2.24) is 19.7 Å². The van der Waals surface area contributed by atoms with Crippen molar-refractivity contribution < 1.29 is 5.21 Å². The van der Waals surface area contributed by atoms with Gasteiger partial charge in [0.2, 0.25) is 0 Å². The molecule has 2 heterocycles. The Bertz CT molecular complexity index is 478. The maximum absolute atomic E-state index is 10.8. The molecule has 0 aliphatic rings. The first kappa shape index (κ1) is 6.71. The van der Waals surface area contributed by atoms with Gasteiger partial charge >= 0.3 is 5.69 Å². The first-order valence-electron chi connectivity index (χ1n) is 3.16. The third-order valence-corrected chi connectivity index (χ3v) is 1.41. The van der Waals surface area contributed by atoms with Crippen molar-refractivity contribution in [3.05, 3.63) is 29.2 Å². The van der Waals surface area contributed by atoms with Gasteiger partial charge in [0.1, 0.15) is 6.33 Å². The van der Waals surface area contributed by atoms with E-state index in [4.69, 9.17) is 5.21 Å². The molecule has 2 aromatic heterocycles. The van der Waals surface area contributed by atoms with Crippen LogP contribution in [0.4, 0.5) is 0 Å². The molecule has 0 spiro atoms. The molecule has 0 aromatic carbocycles. The van der Waals surface area contributed by atoms with Crippen LogP contribution in [0.25, 0.3) is 11.0 Å². The average Bonchev–Trinajstić information content (AvgIpc) is 2.12. The number of rotatable bonds is 0. The Morgan fingerprint density at radius 1 is 1.33 bits per heavy atom. The zero-order chi connectivity index (χ0) is 8.55. The molecule has 1 N–H and O–H groups in total. The van der Waals surface area contributed by atoms with Crippen LogP contribution in [0.2, 0.25) is 0 Å². The highest BCUT2D eigenvalue weighted by atomic mass is 16.5. The summed E-state index contributed by atoms with van der Waals surface area (Å²) in [5, 5.41) is 9.62. The molecule has 0 saturated carbocycles. The quantitative estimate of drug-likeness (QED) is 0.527. The fourth-order valence-electron chi connectivity index (χ4n) is 0.872. The molecule has 0 atom stereocenters. The molecular weight excluding hydrogens is 160 g/mol. The van der Waals surface area contributed by atoms with E-state index >= 15 is 0 Å². The van der Waals surface area contributed by atoms with E-state index in [2.05, 4.69) is 15.0 Å². The van der Waals surface area contributed by atoms with E-state index in [9.17, 15) is 4.79 Å². The fraction of sp³-hybridized carbons (Fsp3) is 0. The highest BCUT2D eigenvalue weighted by Crippen LogP contribution is 2.01. The maximum atomic E-state index is 10.8. The summed E-state index contributed by atoms with van der Waals surface area (Å²) in [6.07, 6.45) is 4.01. The van der Waals surface area contributed by atoms with Crippen LogP contribution < -0.4 is 5.69 Å². The third-order valence-electron chi connectivity index (χ3n) is 1.41. The van der Waals surface area contributed by atoms with Gasteiger partial charge in [0.25, 0.3) is 0 Å². The molecule has 60 valence electrons. The van der Waals surface area contributed by atoms with Gasteiger partial charge in [0, 0.05) is 12.4 Å². The molecule has 0 aliphatic carbocycles. The minimum Gasteiger partial charge on any atom is -0.422 e. The van der Waals surface area contributed by atoms with Crippen molar-refractivity contribution in [1.29, 1.82) is 0 Å². The third kappa shape index (κ3) is 0.815. The normalized spacial score (nSPS) is 10.3. The van der Waals surface area contributed by atoms with Gasteiger partial charge in [-0.1, -0.05) is 0 Å². The van der Waals surface area contributed by atoms with Crippen molar-refractivity contribution >= 4 is 11.0 Å². The predicted octanol–water partition coefficient (Wildman–Crippen LogP) is -0.576. The lowest BCUT2D eigenvalue weighted by Gasteiger charge is -1.97. The van der Waals surface area contributed by atoms with Crippen LogP contribution in [0.1, 0.15) is 0 Å². The minimum absolute atomic E-state index is 0.157. The molecule has 0 amide bonds. The monoisotopic (exact) mass is 164 g/mol. The molecule has 6 nitrogen and oxygen atoms in total. The van der Waals surface area contributed by atoms with Crippen LogP contribution in [-0.2, 0) is 0 Å². The summed E-state index contributed by atoms with van der Waals surface area (Å²) in [6.45, 7) is 0. The summed E-state index contributed by atoms with van der Waals surface area (Å²) in [7, 11) is 0. The van der Waals surface area contributed by atoms with E-state index in [0.717, 1.165) is 0 Å². The highest BCUT2D eigenvalue weighted by Gasteiger charge is 2.01. The summed E-state index contributed by atoms with van der Waals surface area (Å²) in [4.78, 5) is 21.6. The van der Waals surface area contributed by atoms with E-state index in [1.165, 1.54) is 18.7 Å². The lowest BCUT2D eigenvalue weighted by atomic mass is 10.4. The van der Waals surface area contributed by atoms with Crippen LogP contribution in [0, 0.1) is 0 Å². The largest absolute Gasteiger partial charge is 0.422 e. The van der Waals surface area contributed by atoms with E-state index in [1.807, 2.05) is 0 Å². The Labute approximate surface area is 66.1 Å². The SMILES string of the molecule is O=c1ncc2cncnc2n1O. The van der Waals surface area contributed by atoms with E-state index < -0.39 is 5.69 Å². The Balaban J connectivity index is 3.01. The van der Waals surface area contributed by atoms with Crippen LogP contribution in [-0.4, -0.2) is 24.9 Å². The van der Waals surface area contributed by atoms with Crippen LogP contribution in [0.5, 0.6) is 0 Å². The zero-order valence-electron chi connectivity index (χ0n) is 5.88. The fourth-order valence-corrected chi connectivity index (χ4v) is 0.872.